The standard InChI is InChI=1S/C6H11NO3/c1-6(7,5(9)10)3-2-4-8/h4H,2-3,7H2,1H3,(H,9,10). The van der Waals surface area contributed by atoms with Gasteiger partial charge in [0.05, 0.1) is 0 Å². The fourth-order valence-electron chi connectivity index (χ4n) is 0.466. The molecule has 1 atom stereocenters. The van der Waals surface area contributed by atoms with E-state index in [4.69, 9.17) is 10.8 Å². The van der Waals surface area contributed by atoms with E-state index in [1.807, 2.05) is 0 Å². The van der Waals surface area contributed by atoms with Crippen molar-refractivity contribution >= 4 is 12.3 Å². The third-order valence-electron chi connectivity index (χ3n) is 1.27. The number of aldehydes is 1. The Hall–Kier alpha value is -0.900. The zero-order valence-corrected chi connectivity index (χ0v) is 5.83. The number of aliphatic carboxylic acids is 1. The van der Waals surface area contributed by atoms with E-state index in [-0.39, 0.29) is 12.8 Å². The molecule has 4 nitrogen and oxygen atoms in total. The second-order valence-electron chi connectivity index (χ2n) is 2.43. The van der Waals surface area contributed by atoms with Crippen molar-refractivity contribution in [2.75, 3.05) is 0 Å². The average Bonchev–Trinajstić information content (AvgIpc) is 1.84. The Morgan fingerprint density at radius 3 is 2.60 bits per heavy atom. The predicted molar refractivity (Wildman–Crippen MR) is 35.5 cm³/mol. The van der Waals surface area contributed by atoms with Crippen molar-refractivity contribution in [3.63, 3.8) is 0 Å². The third kappa shape index (κ3) is 2.59. The minimum atomic E-state index is -1.26. The van der Waals surface area contributed by atoms with E-state index in [2.05, 4.69) is 0 Å². The number of carboxylic acid groups (broad SMARTS) is 1. The zero-order chi connectivity index (χ0) is 8.20. The van der Waals surface area contributed by atoms with Gasteiger partial charge in [-0.2, -0.15) is 0 Å². The van der Waals surface area contributed by atoms with Crippen LogP contribution in [0.4, 0.5) is 0 Å². The van der Waals surface area contributed by atoms with Crippen LogP contribution in [0.1, 0.15) is 19.8 Å². The molecule has 0 fully saturated rings. The number of hydrogen-bond donors (Lipinski definition) is 2. The van der Waals surface area contributed by atoms with Gasteiger partial charge in [-0.25, -0.2) is 0 Å². The van der Waals surface area contributed by atoms with Crippen LogP contribution in [0.15, 0.2) is 0 Å². The highest BCUT2D eigenvalue weighted by Gasteiger charge is 2.26. The topological polar surface area (TPSA) is 80.4 Å². The molecule has 0 rings (SSSR count). The Morgan fingerprint density at radius 2 is 2.30 bits per heavy atom. The summed E-state index contributed by atoms with van der Waals surface area (Å²) in [5, 5.41) is 8.43. The molecule has 0 aliphatic heterocycles. The van der Waals surface area contributed by atoms with Crippen LogP contribution in [0.2, 0.25) is 0 Å². The largest absolute Gasteiger partial charge is 0.480 e. The van der Waals surface area contributed by atoms with Crippen LogP contribution < -0.4 is 5.73 Å². The highest BCUT2D eigenvalue weighted by Crippen LogP contribution is 2.06. The van der Waals surface area contributed by atoms with Gasteiger partial charge in [0.25, 0.3) is 0 Å². The Balaban J connectivity index is 3.86. The molecule has 3 N–H and O–H groups in total. The Labute approximate surface area is 59.0 Å². The lowest BCUT2D eigenvalue weighted by Gasteiger charge is -2.16. The maximum Gasteiger partial charge on any atom is 0.323 e. The first-order chi connectivity index (χ1) is 4.50. The molecule has 10 heavy (non-hydrogen) atoms. The third-order valence-corrected chi connectivity index (χ3v) is 1.27. The van der Waals surface area contributed by atoms with Crippen LogP contribution in [0.5, 0.6) is 0 Å². The van der Waals surface area contributed by atoms with Crippen molar-refractivity contribution in [1.29, 1.82) is 0 Å². The van der Waals surface area contributed by atoms with E-state index in [1.54, 1.807) is 0 Å². The summed E-state index contributed by atoms with van der Waals surface area (Å²) in [6, 6.07) is 0. The van der Waals surface area contributed by atoms with Crippen molar-refractivity contribution in [3.8, 4) is 0 Å². The van der Waals surface area contributed by atoms with Crippen LogP contribution in [0, 0.1) is 0 Å². The van der Waals surface area contributed by atoms with Crippen LogP contribution in [0.3, 0.4) is 0 Å². The Kier molecular flexibility index (Phi) is 3.02. The molecule has 0 saturated heterocycles. The van der Waals surface area contributed by atoms with E-state index in [0.29, 0.717) is 6.29 Å². The van der Waals surface area contributed by atoms with E-state index < -0.39 is 11.5 Å². The highest BCUT2D eigenvalue weighted by atomic mass is 16.4. The van der Waals surface area contributed by atoms with Crippen LogP contribution >= 0.6 is 0 Å². The van der Waals surface area contributed by atoms with Gasteiger partial charge in [-0.05, 0) is 13.3 Å². The van der Waals surface area contributed by atoms with E-state index in [1.165, 1.54) is 6.92 Å². The lowest BCUT2D eigenvalue weighted by molar-refractivity contribution is -0.142. The maximum atomic E-state index is 10.3. The minimum absolute atomic E-state index is 0.186. The van der Waals surface area contributed by atoms with Crippen LogP contribution in [0.25, 0.3) is 0 Å². The molecular weight excluding hydrogens is 134 g/mol. The molecule has 0 saturated carbocycles. The molecule has 0 bridgehead atoms. The van der Waals surface area contributed by atoms with Crippen molar-refractivity contribution in [1.82, 2.24) is 0 Å². The smallest absolute Gasteiger partial charge is 0.323 e. The average molecular weight is 145 g/mol. The molecule has 58 valence electrons. The first-order valence-electron chi connectivity index (χ1n) is 2.96. The molecule has 0 aromatic rings. The molecule has 0 amide bonds. The van der Waals surface area contributed by atoms with Gasteiger partial charge >= 0.3 is 5.97 Å². The van der Waals surface area contributed by atoms with Gasteiger partial charge < -0.3 is 15.6 Å². The Morgan fingerprint density at radius 1 is 1.80 bits per heavy atom. The van der Waals surface area contributed by atoms with Gasteiger partial charge in [-0.15, -0.1) is 0 Å². The molecule has 0 aliphatic rings. The van der Waals surface area contributed by atoms with Crippen molar-refractivity contribution < 1.29 is 14.7 Å². The second kappa shape index (κ2) is 3.31. The molecule has 1 unspecified atom stereocenters. The first-order valence-corrected chi connectivity index (χ1v) is 2.96. The molecular formula is C6H11NO3. The van der Waals surface area contributed by atoms with Crippen LogP contribution in [-0.2, 0) is 9.59 Å². The van der Waals surface area contributed by atoms with Gasteiger partial charge in [-0.3, -0.25) is 4.79 Å². The lowest BCUT2D eigenvalue weighted by atomic mass is 9.98. The SMILES string of the molecule is CC(N)(CCC=O)C(=O)O. The van der Waals surface area contributed by atoms with Crippen molar-refractivity contribution in [3.05, 3.63) is 0 Å². The van der Waals surface area contributed by atoms with Gasteiger partial charge in [0.2, 0.25) is 0 Å². The molecule has 0 aromatic carbocycles. The summed E-state index contributed by atoms with van der Waals surface area (Å²) in [5.74, 6) is -1.07. The second-order valence-corrected chi connectivity index (χ2v) is 2.43. The normalized spacial score (nSPS) is 15.8. The molecule has 4 heteroatoms. The summed E-state index contributed by atoms with van der Waals surface area (Å²) in [4.78, 5) is 20.1. The highest BCUT2D eigenvalue weighted by molar-refractivity contribution is 5.78. The lowest BCUT2D eigenvalue weighted by Crippen LogP contribution is -2.44. The predicted octanol–water partition coefficient (Wildman–Crippen LogP) is -0.232. The van der Waals surface area contributed by atoms with Gasteiger partial charge in [-0.1, -0.05) is 0 Å². The van der Waals surface area contributed by atoms with Gasteiger partial charge in [0.15, 0.2) is 0 Å². The fraction of sp³-hybridized carbons (Fsp3) is 0.667. The zero-order valence-electron chi connectivity index (χ0n) is 5.83. The van der Waals surface area contributed by atoms with Gasteiger partial charge in [0, 0.05) is 6.42 Å². The number of nitrogens with two attached hydrogens (primary N) is 1. The van der Waals surface area contributed by atoms with E-state index in [0.717, 1.165) is 0 Å². The summed E-state index contributed by atoms with van der Waals surface area (Å²) in [5.41, 5.74) is 4.02. The van der Waals surface area contributed by atoms with Crippen molar-refractivity contribution in [2.45, 2.75) is 25.3 Å². The number of carbonyl (C=O) groups excluding carboxylic acids is 1. The van der Waals surface area contributed by atoms with E-state index in [9.17, 15) is 9.59 Å². The van der Waals surface area contributed by atoms with Gasteiger partial charge in [0.1, 0.15) is 11.8 Å². The monoisotopic (exact) mass is 145 g/mol. The Bertz CT molecular complexity index is 142. The summed E-state index contributed by atoms with van der Waals surface area (Å²) >= 11 is 0. The minimum Gasteiger partial charge on any atom is -0.480 e. The molecule has 0 radical (unpaired) electrons. The van der Waals surface area contributed by atoms with E-state index >= 15 is 0 Å². The molecule has 0 aliphatic carbocycles. The maximum absolute atomic E-state index is 10.3. The quantitative estimate of drug-likeness (QED) is 0.535. The summed E-state index contributed by atoms with van der Waals surface area (Å²) < 4.78 is 0. The molecule has 0 aromatic heterocycles. The summed E-state index contributed by atoms with van der Waals surface area (Å²) in [6.07, 6.45) is 1.04. The summed E-state index contributed by atoms with van der Waals surface area (Å²) in [7, 11) is 0. The number of carbonyl (C=O) groups is 2. The number of carboxylic acids is 1. The van der Waals surface area contributed by atoms with Crippen molar-refractivity contribution in [2.24, 2.45) is 5.73 Å². The molecule has 0 spiro atoms. The van der Waals surface area contributed by atoms with Crippen LogP contribution in [-0.4, -0.2) is 22.9 Å². The number of hydrogen-bond acceptors (Lipinski definition) is 3. The first kappa shape index (κ1) is 9.10. The fourth-order valence-corrected chi connectivity index (χ4v) is 0.466. The summed E-state index contributed by atoms with van der Waals surface area (Å²) in [6.45, 7) is 1.39. The molecule has 0 heterocycles. The number of rotatable bonds is 4.